The molecule has 0 fully saturated rings. The van der Waals surface area contributed by atoms with Gasteiger partial charge in [-0.1, -0.05) is 48.0 Å². The van der Waals surface area contributed by atoms with Crippen molar-refractivity contribution in [3.8, 4) is 22.3 Å². The van der Waals surface area contributed by atoms with Crippen molar-refractivity contribution in [3.05, 3.63) is 77.9 Å². The van der Waals surface area contributed by atoms with Gasteiger partial charge in [-0.2, -0.15) is 13.2 Å². The van der Waals surface area contributed by atoms with Gasteiger partial charge in [-0.3, -0.25) is 0 Å². The molecule has 3 aromatic carbocycles. The van der Waals surface area contributed by atoms with Crippen LogP contribution in [0.3, 0.4) is 0 Å². The van der Waals surface area contributed by atoms with E-state index < -0.39 is 21.6 Å². The summed E-state index contributed by atoms with van der Waals surface area (Å²) < 4.78 is 62.9. The highest BCUT2D eigenvalue weighted by Crippen LogP contribution is 2.38. The summed E-state index contributed by atoms with van der Waals surface area (Å²) in [5.41, 5.74) is 2.57. The number of rotatable bonds is 3. The van der Waals surface area contributed by atoms with Crippen molar-refractivity contribution in [2.75, 3.05) is 6.26 Å². The predicted molar refractivity (Wildman–Crippen MR) is 100 cm³/mol. The molecule has 0 aliphatic rings. The summed E-state index contributed by atoms with van der Waals surface area (Å²) in [6.45, 7) is 1.87. The van der Waals surface area contributed by atoms with Crippen molar-refractivity contribution >= 4 is 9.84 Å². The maximum absolute atomic E-state index is 13.2. The second kappa shape index (κ2) is 6.85. The summed E-state index contributed by atoms with van der Waals surface area (Å²) in [5, 5.41) is 0. The van der Waals surface area contributed by atoms with E-state index in [0.29, 0.717) is 22.3 Å². The van der Waals surface area contributed by atoms with E-state index in [1.54, 1.807) is 24.3 Å². The lowest BCUT2D eigenvalue weighted by Crippen LogP contribution is -2.05. The minimum Gasteiger partial charge on any atom is -0.224 e. The first-order chi connectivity index (χ1) is 12.6. The van der Waals surface area contributed by atoms with E-state index in [-0.39, 0.29) is 4.90 Å². The molecular formula is C21H17F3O2S. The average molecular weight is 390 g/mol. The van der Waals surface area contributed by atoms with Crippen molar-refractivity contribution in [2.24, 2.45) is 0 Å². The van der Waals surface area contributed by atoms with E-state index in [2.05, 4.69) is 0 Å². The van der Waals surface area contributed by atoms with Crippen LogP contribution >= 0.6 is 0 Å². The topological polar surface area (TPSA) is 34.1 Å². The molecule has 0 saturated carbocycles. The maximum atomic E-state index is 13.2. The first-order valence-electron chi connectivity index (χ1n) is 8.14. The molecule has 0 aliphatic carbocycles. The summed E-state index contributed by atoms with van der Waals surface area (Å²) in [6, 6.07) is 17.0. The lowest BCUT2D eigenvalue weighted by atomic mass is 9.92. The number of hydrogen-bond donors (Lipinski definition) is 0. The molecule has 0 radical (unpaired) electrons. The zero-order chi connectivity index (χ0) is 19.8. The zero-order valence-corrected chi connectivity index (χ0v) is 15.5. The van der Waals surface area contributed by atoms with Gasteiger partial charge in [-0.15, -0.1) is 0 Å². The Morgan fingerprint density at radius 2 is 1.44 bits per heavy atom. The molecule has 2 nitrogen and oxygen atoms in total. The van der Waals surface area contributed by atoms with Crippen molar-refractivity contribution in [2.45, 2.75) is 18.0 Å². The Balaban J connectivity index is 2.20. The second-order valence-corrected chi connectivity index (χ2v) is 8.44. The third-order valence-electron chi connectivity index (χ3n) is 4.27. The van der Waals surface area contributed by atoms with E-state index in [9.17, 15) is 21.6 Å². The Morgan fingerprint density at radius 3 is 2.00 bits per heavy atom. The third-order valence-corrected chi connectivity index (χ3v) is 5.40. The summed E-state index contributed by atoms with van der Waals surface area (Å²) >= 11 is 0. The monoisotopic (exact) mass is 390 g/mol. The molecule has 3 rings (SSSR count). The van der Waals surface area contributed by atoms with E-state index in [1.807, 2.05) is 19.1 Å². The van der Waals surface area contributed by atoms with E-state index in [4.69, 9.17) is 0 Å². The normalized spacial score (nSPS) is 12.2. The summed E-state index contributed by atoms with van der Waals surface area (Å²) in [4.78, 5) is 0.162. The van der Waals surface area contributed by atoms with Gasteiger partial charge in [0.25, 0.3) is 0 Å². The standard InChI is InChI=1S/C21H17F3O2S/c1-14-4-3-5-16(12-14)20-13-17(21(22,23)24)8-11-19(20)15-6-9-18(10-7-15)27(2,25)26/h3-13H,1-2H3. The molecule has 27 heavy (non-hydrogen) atoms. The quantitative estimate of drug-likeness (QED) is 0.571. The molecule has 0 aromatic heterocycles. The SMILES string of the molecule is Cc1cccc(-c2cc(C(F)(F)F)ccc2-c2ccc(S(C)(=O)=O)cc2)c1. The van der Waals surface area contributed by atoms with Crippen molar-refractivity contribution < 1.29 is 21.6 Å². The number of aryl methyl sites for hydroxylation is 1. The summed E-state index contributed by atoms with van der Waals surface area (Å²) in [7, 11) is -3.34. The maximum Gasteiger partial charge on any atom is 0.416 e. The van der Waals surface area contributed by atoms with Gasteiger partial charge in [0.15, 0.2) is 9.84 Å². The molecule has 0 aliphatic heterocycles. The van der Waals surface area contributed by atoms with Gasteiger partial charge < -0.3 is 0 Å². The van der Waals surface area contributed by atoms with Crippen LogP contribution in [0.25, 0.3) is 22.3 Å². The highest BCUT2D eigenvalue weighted by Gasteiger charge is 2.31. The van der Waals surface area contributed by atoms with Gasteiger partial charge >= 0.3 is 6.18 Å². The highest BCUT2D eigenvalue weighted by atomic mass is 32.2. The van der Waals surface area contributed by atoms with E-state index in [1.165, 1.54) is 18.2 Å². The minimum absolute atomic E-state index is 0.162. The molecule has 0 amide bonds. The van der Waals surface area contributed by atoms with Crippen LogP contribution in [0.2, 0.25) is 0 Å². The lowest BCUT2D eigenvalue weighted by molar-refractivity contribution is -0.137. The van der Waals surface area contributed by atoms with E-state index >= 15 is 0 Å². The largest absolute Gasteiger partial charge is 0.416 e. The number of benzene rings is 3. The molecular weight excluding hydrogens is 373 g/mol. The molecule has 140 valence electrons. The number of sulfone groups is 1. The Bertz CT molecular complexity index is 1080. The van der Waals surface area contributed by atoms with Crippen molar-refractivity contribution in [1.29, 1.82) is 0 Å². The first-order valence-corrected chi connectivity index (χ1v) is 10.0. The van der Waals surface area contributed by atoms with Crippen LogP contribution in [-0.2, 0) is 16.0 Å². The number of halogens is 3. The van der Waals surface area contributed by atoms with Crippen molar-refractivity contribution in [1.82, 2.24) is 0 Å². The van der Waals surface area contributed by atoms with Crippen LogP contribution in [0.1, 0.15) is 11.1 Å². The Kier molecular flexibility index (Phi) is 4.86. The lowest BCUT2D eigenvalue weighted by Gasteiger charge is -2.15. The van der Waals surface area contributed by atoms with Gasteiger partial charge in [-0.25, -0.2) is 8.42 Å². The fourth-order valence-electron chi connectivity index (χ4n) is 2.91. The molecule has 6 heteroatoms. The molecule has 0 atom stereocenters. The van der Waals surface area contributed by atoms with Crippen LogP contribution < -0.4 is 0 Å². The first kappa shape index (κ1) is 19.2. The van der Waals surface area contributed by atoms with Crippen molar-refractivity contribution in [3.63, 3.8) is 0 Å². The Hall–Kier alpha value is -2.60. The molecule has 0 bridgehead atoms. The highest BCUT2D eigenvalue weighted by molar-refractivity contribution is 7.90. The van der Waals surface area contributed by atoms with Gasteiger partial charge in [0.2, 0.25) is 0 Å². The number of alkyl halides is 3. The average Bonchev–Trinajstić information content (AvgIpc) is 2.60. The van der Waals surface area contributed by atoms with Gasteiger partial charge in [0.1, 0.15) is 0 Å². The van der Waals surface area contributed by atoms with Gasteiger partial charge in [0.05, 0.1) is 10.5 Å². The van der Waals surface area contributed by atoms with Gasteiger partial charge in [-0.05, 0) is 53.4 Å². The molecule has 0 spiro atoms. The number of hydrogen-bond acceptors (Lipinski definition) is 2. The molecule has 0 heterocycles. The molecule has 3 aromatic rings. The zero-order valence-electron chi connectivity index (χ0n) is 14.7. The molecule has 0 N–H and O–H groups in total. The fourth-order valence-corrected chi connectivity index (χ4v) is 3.54. The van der Waals surface area contributed by atoms with Crippen LogP contribution in [0.5, 0.6) is 0 Å². The minimum atomic E-state index is -4.45. The van der Waals surface area contributed by atoms with E-state index in [0.717, 1.165) is 24.0 Å². The smallest absolute Gasteiger partial charge is 0.224 e. The van der Waals surface area contributed by atoms with Crippen LogP contribution in [0.4, 0.5) is 13.2 Å². The summed E-state index contributed by atoms with van der Waals surface area (Å²) in [6.07, 6.45) is -3.34. The molecule has 0 saturated heterocycles. The summed E-state index contributed by atoms with van der Waals surface area (Å²) in [5.74, 6) is 0. The second-order valence-electron chi connectivity index (χ2n) is 6.42. The third kappa shape index (κ3) is 4.22. The Labute approximate surface area is 156 Å². The van der Waals surface area contributed by atoms with Crippen LogP contribution in [0.15, 0.2) is 71.6 Å². The molecule has 0 unspecified atom stereocenters. The fraction of sp³-hybridized carbons (Fsp3) is 0.143. The predicted octanol–water partition coefficient (Wildman–Crippen LogP) is 5.75. The Morgan fingerprint density at radius 1 is 0.778 bits per heavy atom. The van der Waals surface area contributed by atoms with Crippen LogP contribution in [-0.4, -0.2) is 14.7 Å². The van der Waals surface area contributed by atoms with Gasteiger partial charge in [0, 0.05) is 6.26 Å². The van der Waals surface area contributed by atoms with Crippen LogP contribution in [0, 0.1) is 6.92 Å².